The Kier molecular flexibility index (Phi) is 8.40. The van der Waals surface area contributed by atoms with Gasteiger partial charge in [-0.3, -0.25) is 14.7 Å². The zero-order valence-electron chi connectivity index (χ0n) is 24.2. The van der Waals surface area contributed by atoms with Gasteiger partial charge in [0.2, 0.25) is 5.95 Å². The van der Waals surface area contributed by atoms with Crippen molar-refractivity contribution < 1.29 is 4.79 Å². The molecule has 4 N–H and O–H groups in total. The number of anilines is 4. The molecule has 0 aliphatic heterocycles. The lowest BCUT2D eigenvalue weighted by molar-refractivity contribution is 0.240. The molecule has 0 unspecified atom stereocenters. The maximum Gasteiger partial charge on any atom is 0.323 e. The number of urea groups is 1. The van der Waals surface area contributed by atoms with Crippen LogP contribution in [0.25, 0.3) is 11.1 Å². The number of nitrogens with one attached hydrogen (secondary N) is 4. The Morgan fingerprint density at radius 2 is 1.89 bits per heavy atom. The van der Waals surface area contributed by atoms with Crippen LogP contribution in [0.5, 0.6) is 0 Å². The number of H-pyrrole nitrogens is 1. The number of nitriles is 1. The second-order valence-electron chi connectivity index (χ2n) is 10.6. The van der Waals surface area contributed by atoms with Crippen molar-refractivity contribution in [3.05, 3.63) is 90.6 Å². The minimum atomic E-state index is -0.184. The third-order valence-corrected chi connectivity index (χ3v) is 7.59. The van der Waals surface area contributed by atoms with Gasteiger partial charge in [0, 0.05) is 61.5 Å². The summed E-state index contributed by atoms with van der Waals surface area (Å²) < 4.78 is 1.75. The van der Waals surface area contributed by atoms with Crippen molar-refractivity contribution in [3.63, 3.8) is 0 Å². The van der Waals surface area contributed by atoms with Crippen molar-refractivity contribution >= 4 is 29.4 Å². The molecule has 1 saturated carbocycles. The fraction of sp³-hybridized carbons (Fsp3) is 0.258. The predicted molar refractivity (Wildman–Crippen MR) is 166 cm³/mol. The summed E-state index contributed by atoms with van der Waals surface area (Å²) in [7, 11) is 1.87. The Balaban J connectivity index is 1.15. The highest BCUT2D eigenvalue weighted by atomic mass is 16.2. The van der Waals surface area contributed by atoms with Crippen molar-refractivity contribution in [1.29, 1.82) is 5.26 Å². The Morgan fingerprint density at radius 1 is 1.05 bits per heavy atom. The Morgan fingerprint density at radius 3 is 2.57 bits per heavy atom. The van der Waals surface area contributed by atoms with Crippen molar-refractivity contribution in [2.24, 2.45) is 7.05 Å². The lowest BCUT2D eigenvalue weighted by atomic mass is 9.90. The molecule has 1 aliphatic rings. The van der Waals surface area contributed by atoms with Crippen molar-refractivity contribution in [2.75, 3.05) is 15.5 Å². The fourth-order valence-corrected chi connectivity index (χ4v) is 5.33. The number of carbonyl (C=O) groups is 1. The smallest absolute Gasteiger partial charge is 0.323 e. The number of hydrogen-bond acceptors (Lipinski definition) is 9. The Hall–Kier alpha value is -5.77. The van der Waals surface area contributed by atoms with Crippen LogP contribution in [0.1, 0.15) is 36.8 Å². The van der Waals surface area contributed by atoms with Crippen LogP contribution in [0.4, 0.5) is 28.2 Å². The molecule has 0 saturated heterocycles. The van der Waals surface area contributed by atoms with E-state index in [4.69, 9.17) is 4.98 Å². The van der Waals surface area contributed by atoms with E-state index in [1.165, 1.54) is 6.20 Å². The molecule has 5 aromatic rings. The van der Waals surface area contributed by atoms with Crippen LogP contribution in [0.2, 0.25) is 0 Å². The summed E-state index contributed by atoms with van der Waals surface area (Å²) in [6, 6.07) is 17.5. The maximum absolute atomic E-state index is 13.7. The van der Waals surface area contributed by atoms with Gasteiger partial charge in [-0.25, -0.2) is 14.8 Å². The van der Waals surface area contributed by atoms with E-state index in [9.17, 15) is 10.1 Å². The monoisotopic (exact) mass is 588 g/mol. The van der Waals surface area contributed by atoms with Gasteiger partial charge in [-0.2, -0.15) is 20.4 Å². The van der Waals surface area contributed by atoms with Gasteiger partial charge in [-0.05, 0) is 43.4 Å². The summed E-state index contributed by atoms with van der Waals surface area (Å²) in [5.41, 5.74) is 3.24. The SMILES string of the molecule is Cn1cc(-c2ccc(N(C(=O)NCc3ccccc3)[C@H]3CC[C@H](Nc4ncc(C#N)c(Nc5cc[nH]n5)n4)CC3)nc2)cn1. The number of carbonyl (C=O) groups excluding carboxylic acids is 1. The summed E-state index contributed by atoms with van der Waals surface area (Å²) in [5, 5.41) is 30.1. The standard InChI is InChI=1S/C31H32N12O/c1-42-20-24(19-37-42)22-7-12-28(33-17-22)43(31(44)35-16-21-5-3-2-4-6-21)26-10-8-25(9-11-26)38-30-34-18-23(15-32)29(40-30)39-27-13-14-36-41-27/h2-7,12-14,17-20,25-26H,8-11,16H2,1H3,(H,35,44)(H3,34,36,38,39,40,41)/t25-,26-. The highest BCUT2D eigenvalue weighted by Crippen LogP contribution is 2.30. The first-order valence-corrected chi connectivity index (χ1v) is 14.4. The summed E-state index contributed by atoms with van der Waals surface area (Å²) in [6.45, 7) is 0.422. The van der Waals surface area contributed by atoms with Gasteiger partial charge in [0.05, 0.1) is 12.4 Å². The van der Waals surface area contributed by atoms with Gasteiger partial charge in [0.1, 0.15) is 17.5 Å². The number of aromatic amines is 1. The largest absolute Gasteiger partial charge is 0.351 e. The van der Waals surface area contributed by atoms with Crippen LogP contribution in [-0.2, 0) is 13.6 Å². The molecule has 1 aliphatic carbocycles. The Labute approximate surface area is 254 Å². The first-order valence-electron chi connectivity index (χ1n) is 14.4. The van der Waals surface area contributed by atoms with Gasteiger partial charge in [-0.1, -0.05) is 30.3 Å². The molecule has 44 heavy (non-hydrogen) atoms. The third-order valence-electron chi connectivity index (χ3n) is 7.59. The maximum atomic E-state index is 13.7. The molecule has 0 radical (unpaired) electrons. The lowest BCUT2D eigenvalue weighted by Crippen LogP contribution is -2.49. The molecule has 2 amide bonds. The van der Waals surface area contributed by atoms with Crippen LogP contribution in [0.15, 0.2) is 79.5 Å². The van der Waals surface area contributed by atoms with Crippen LogP contribution in [0, 0.1) is 11.3 Å². The van der Waals surface area contributed by atoms with Gasteiger partial charge in [0.15, 0.2) is 11.6 Å². The topological polar surface area (TPSA) is 165 Å². The van der Waals surface area contributed by atoms with Crippen LogP contribution in [0.3, 0.4) is 0 Å². The number of amides is 2. The third kappa shape index (κ3) is 6.65. The molecule has 4 aromatic heterocycles. The molecular weight excluding hydrogens is 556 g/mol. The summed E-state index contributed by atoms with van der Waals surface area (Å²) >= 11 is 0. The van der Waals surface area contributed by atoms with E-state index in [2.05, 4.69) is 47.3 Å². The highest BCUT2D eigenvalue weighted by Gasteiger charge is 2.31. The molecule has 13 heteroatoms. The molecule has 6 rings (SSSR count). The fourth-order valence-electron chi connectivity index (χ4n) is 5.33. The molecule has 1 aromatic carbocycles. The molecule has 222 valence electrons. The average Bonchev–Trinajstić information content (AvgIpc) is 3.74. The second-order valence-corrected chi connectivity index (χ2v) is 10.6. The number of aromatic nitrogens is 7. The second kappa shape index (κ2) is 13.0. The van der Waals surface area contributed by atoms with Crippen LogP contribution >= 0.6 is 0 Å². The average molecular weight is 589 g/mol. The number of benzene rings is 1. The summed E-state index contributed by atoms with van der Waals surface area (Å²) in [4.78, 5) is 29.0. The first-order chi connectivity index (χ1) is 21.6. The molecule has 0 spiro atoms. The molecule has 0 atom stereocenters. The van der Waals surface area contributed by atoms with Gasteiger partial charge in [-0.15, -0.1) is 0 Å². The van der Waals surface area contributed by atoms with Crippen LogP contribution in [-0.4, -0.2) is 53.0 Å². The molecule has 0 bridgehead atoms. The quantitative estimate of drug-likeness (QED) is 0.190. The van der Waals surface area contributed by atoms with Crippen LogP contribution < -0.4 is 20.9 Å². The van der Waals surface area contributed by atoms with Crippen molar-refractivity contribution in [3.8, 4) is 17.2 Å². The lowest BCUT2D eigenvalue weighted by Gasteiger charge is -2.36. The number of aryl methyl sites for hydroxylation is 1. The highest BCUT2D eigenvalue weighted by molar-refractivity contribution is 5.91. The minimum absolute atomic E-state index is 0.0423. The molecule has 1 fully saturated rings. The van der Waals surface area contributed by atoms with Gasteiger partial charge >= 0.3 is 6.03 Å². The summed E-state index contributed by atoms with van der Waals surface area (Å²) in [6.07, 6.45) is 11.8. The van der Waals surface area contributed by atoms with E-state index in [1.807, 2.05) is 55.7 Å². The van der Waals surface area contributed by atoms with E-state index >= 15 is 0 Å². The van der Waals surface area contributed by atoms with E-state index in [0.29, 0.717) is 35.5 Å². The predicted octanol–water partition coefficient (Wildman–Crippen LogP) is 4.75. The first kappa shape index (κ1) is 28.4. The van der Waals surface area contributed by atoms with Crippen molar-refractivity contribution in [1.82, 2.24) is 40.2 Å². The number of pyridine rings is 1. The zero-order valence-corrected chi connectivity index (χ0v) is 24.2. The molecule has 4 heterocycles. The van der Waals surface area contributed by atoms with E-state index in [0.717, 1.165) is 42.4 Å². The zero-order chi connectivity index (χ0) is 30.3. The van der Waals surface area contributed by atoms with E-state index in [1.54, 1.807) is 34.2 Å². The number of hydrogen-bond donors (Lipinski definition) is 4. The minimum Gasteiger partial charge on any atom is -0.351 e. The molecular formula is C31H32N12O. The summed E-state index contributed by atoms with van der Waals surface area (Å²) in [5.74, 6) is 1.96. The van der Waals surface area contributed by atoms with Gasteiger partial charge < -0.3 is 16.0 Å². The van der Waals surface area contributed by atoms with Crippen molar-refractivity contribution in [2.45, 2.75) is 44.3 Å². The van der Waals surface area contributed by atoms with E-state index in [-0.39, 0.29) is 18.1 Å². The van der Waals surface area contributed by atoms with Gasteiger partial charge in [0.25, 0.3) is 0 Å². The normalized spacial score (nSPS) is 16.1. The molecule has 13 nitrogen and oxygen atoms in total. The van der Waals surface area contributed by atoms with E-state index < -0.39 is 0 Å². The Bertz CT molecular complexity index is 1720. The number of rotatable bonds is 9. The number of nitrogens with zero attached hydrogens (tertiary/aromatic N) is 8.